The van der Waals surface area contributed by atoms with E-state index in [0.29, 0.717) is 0 Å². The maximum absolute atomic E-state index is 10.5. The lowest BCUT2D eigenvalue weighted by atomic mass is 10.2. The van der Waals surface area contributed by atoms with E-state index in [4.69, 9.17) is 0 Å². The zero-order valence-electron chi connectivity index (χ0n) is 9.29. The largest absolute Gasteiger partial charge is 0.269 e. The molecule has 0 radical (unpaired) electrons. The van der Waals surface area contributed by atoms with Crippen LogP contribution in [0, 0.1) is 13.7 Å². The number of hydrogen-bond acceptors (Lipinski definition) is 3. The van der Waals surface area contributed by atoms with Crippen molar-refractivity contribution in [3.63, 3.8) is 0 Å². The van der Waals surface area contributed by atoms with Crippen LogP contribution in [0.2, 0.25) is 0 Å². The average molecular weight is 352 g/mol. The maximum Gasteiger partial charge on any atom is 0.269 e. The van der Waals surface area contributed by atoms with Gasteiger partial charge in [-0.1, -0.05) is 6.07 Å². The lowest BCUT2D eigenvalue weighted by molar-refractivity contribution is -0.384. The molecule has 4 nitrogen and oxygen atoms in total. The van der Waals surface area contributed by atoms with Gasteiger partial charge in [-0.25, -0.2) is 0 Å². The summed E-state index contributed by atoms with van der Waals surface area (Å²) in [6, 6.07) is 14.1. The number of nitrogens with zero attached hydrogens (tertiary/aromatic N) is 2. The van der Waals surface area contributed by atoms with Crippen LogP contribution < -0.4 is 0 Å². The van der Waals surface area contributed by atoms with Crippen LogP contribution in [0.15, 0.2) is 53.5 Å². The monoisotopic (exact) mass is 352 g/mol. The minimum atomic E-state index is -0.416. The molecular weight excluding hydrogens is 343 g/mol. The Hall–Kier alpha value is -1.76. The van der Waals surface area contributed by atoms with Gasteiger partial charge < -0.3 is 0 Å². The van der Waals surface area contributed by atoms with Gasteiger partial charge >= 0.3 is 0 Å². The molecule has 2 aromatic rings. The number of rotatable bonds is 3. The van der Waals surface area contributed by atoms with Crippen LogP contribution in [0.5, 0.6) is 0 Å². The summed E-state index contributed by atoms with van der Waals surface area (Å²) in [5.74, 6) is 0. The van der Waals surface area contributed by atoms with Crippen molar-refractivity contribution in [2.24, 2.45) is 4.99 Å². The first-order valence-electron chi connectivity index (χ1n) is 5.19. The number of non-ortho nitro benzene ring substituents is 1. The number of hydrogen-bond donors (Lipinski definition) is 0. The zero-order valence-corrected chi connectivity index (χ0v) is 11.4. The van der Waals surface area contributed by atoms with Crippen molar-refractivity contribution in [3.05, 3.63) is 67.8 Å². The van der Waals surface area contributed by atoms with Gasteiger partial charge in [0.2, 0.25) is 0 Å². The van der Waals surface area contributed by atoms with Crippen LogP contribution in [-0.2, 0) is 0 Å². The highest BCUT2D eigenvalue weighted by atomic mass is 127. The smallest absolute Gasteiger partial charge is 0.258 e. The van der Waals surface area contributed by atoms with Crippen LogP contribution in [0.1, 0.15) is 5.56 Å². The normalized spacial score (nSPS) is 10.7. The first kappa shape index (κ1) is 12.7. The molecule has 2 rings (SSSR count). The Kier molecular flexibility index (Phi) is 4.03. The van der Waals surface area contributed by atoms with E-state index in [1.165, 1.54) is 12.1 Å². The van der Waals surface area contributed by atoms with Gasteiger partial charge in [0, 0.05) is 21.9 Å². The van der Waals surface area contributed by atoms with E-state index in [0.717, 1.165) is 14.8 Å². The van der Waals surface area contributed by atoms with Gasteiger partial charge in [0.05, 0.1) is 10.6 Å². The van der Waals surface area contributed by atoms with E-state index in [1.807, 2.05) is 24.3 Å². The summed E-state index contributed by atoms with van der Waals surface area (Å²) >= 11 is 2.22. The molecule has 0 saturated carbocycles. The van der Waals surface area contributed by atoms with Crippen molar-refractivity contribution >= 4 is 40.2 Å². The second-order valence-electron chi connectivity index (χ2n) is 3.59. The van der Waals surface area contributed by atoms with E-state index < -0.39 is 4.92 Å². The summed E-state index contributed by atoms with van der Waals surface area (Å²) in [6.45, 7) is 0. The van der Waals surface area contributed by atoms with Crippen molar-refractivity contribution in [1.29, 1.82) is 0 Å². The molecule has 0 saturated heterocycles. The molecule has 90 valence electrons. The first-order chi connectivity index (χ1) is 8.65. The molecule has 0 aromatic heterocycles. The third-order valence-corrected chi connectivity index (χ3v) is 2.95. The fourth-order valence-electron chi connectivity index (χ4n) is 1.39. The fraction of sp³-hybridized carbons (Fsp3) is 0. The molecule has 0 spiro atoms. The Morgan fingerprint density at radius 1 is 1.17 bits per heavy atom. The van der Waals surface area contributed by atoms with E-state index in [1.54, 1.807) is 18.3 Å². The van der Waals surface area contributed by atoms with Gasteiger partial charge in [-0.05, 0) is 58.5 Å². The van der Waals surface area contributed by atoms with E-state index in [9.17, 15) is 10.1 Å². The maximum atomic E-state index is 10.5. The highest BCUT2D eigenvalue weighted by molar-refractivity contribution is 14.1. The Labute approximate surface area is 118 Å². The van der Waals surface area contributed by atoms with Crippen molar-refractivity contribution in [3.8, 4) is 0 Å². The van der Waals surface area contributed by atoms with Gasteiger partial charge in [0.15, 0.2) is 0 Å². The highest BCUT2D eigenvalue weighted by Crippen LogP contribution is 2.16. The third-order valence-electron chi connectivity index (χ3n) is 2.27. The molecule has 0 N–H and O–H groups in total. The number of benzene rings is 2. The molecule has 2 aromatic carbocycles. The molecule has 18 heavy (non-hydrogen) atoms. The van der Waals surface area contributed by atoms with Gasteiger partial charge in [0.25, 0.3) is 5.69 Å². The predicted octanol–water partition coefficient (Wildman–Crippen LogP) is 3.95. The molecule has 0 heterocycles. The Morgan fingerprint density at radius 3 is 2.50 bits per heavy atom. The molecule has 0 atom stereocenters. The van der Waals surface area contributed by atoms with Crippen LogP contribution in [0.3, 0.4) is 0 Å². The second kappa shape index (κ2) is 5.72. The molecule has 5 heteroatoms. The van der Waals surface area contributed by atoms with Gasteiger partial charge in [-0.2, -0.15) is 0 Å². The predicted molar refractivity (Wildman–Crippen MR) is 79.5 cm³/mol. The topological polar surface area (TPSA) is 55.5 Å². The Balaban J connectivity index is 2.16. The quantitative estimate of drug-likeness (QED) is 0.364. The second-order valence-corrected chi connectivity index (χ2v) is 4.83. The van der Waals surface area contributed by atoms with Crippen molar-refractivity contribution in [2.75, 3.05) is 0 Å². The zero-order chi connectivity index (χ0) is 13.0. The van der Waals surface area contributed by atoms with Gasteiger partial charge in [0.1, 0.15) is 0 Å². The van der Waals surface area contributed by atoms with Crippen molar-refractivity contribution < 1.29 is 4.92 Å². The summed E-state index contributed by atoms with van der Waals surface area (Å²) in [4.78, 5) is 14.4. The minimum Gasteiger partial charge on any atom is -0.258 e. The van der Waals surface area contributed by atoms with E-state index in [2.05, 4.69) is 27.6 Å². The summed E-state index contributed by atoms with van der Waals surface area (Å²) in [7, 11) is 0. The van der Waals surface area contributed by atoms with E-state index >= 15 is 0 Å². The molecule has 0 aliphatic carbocycles. The van der Waals surface area contributed by atoms with Crippen LogP contribution in [-0.4, -0.2) is 11.1 Å². The van der Waals surface area contributed by atoms with Crippen LogP contribution >= 0.6 is 22.6 Å². The first-order valence-corrected chi connectivity index (χ1v) is 6.27. The summed E-state index contributed by atoms with van der Waals surface area (Å²) in [6.07, 6.45) is 1.69. The van der Waals surface area contributed by atoms with Gasteiger partial charge in [-0.15, -0.1) is 0 Å². The molecule has 0 fully saturated rings. The fourth-order valence-corrected chi connectivity index (χ4v) is 1.91. The van der Waals surface area contributed by atoms with E-state index in [-0.39, 0.29) is 5.69 Å². The number of nitro benzene ring substituents is 1. The Morgan fingerprint density at radius 2 is 1.89 bits per heavy atom. The molecule has 0 bridgehead atoms. The number of aliphatic imine (C=N–C) groups is 1. The van der Waals surface area contributed by atoms with Crippen LogP contribution in [0.25, 0.3) is 0 Å². The summed E-state index contributed by atoms with van der Waals surface area (Å²) in [5, 5.41) is 10.5. The van der Waals surface area contributed by atoms with Crippen LogP contribution in [0.4, 0.5) is 11.4 Å². The SMILES string of the molecule is O=[N+]([O-])c1ccc(C=Nc2cccc(I)c2)cc1. The summed E-state index contributed by atoms with van der Waals surface area (Å²) in [5.41, 5.74) is 1.78. The number of halogens is 1. The molecule has 0 unspecified atom stereocenters. The standard InChI is InChI=1S/C13H9IN2O2/c14-11-2-1-3-12(8-11)15-9-10-4-6-13(7-5-10)16(17)18/h1-9H. The molecular formula is C13H9IN2O2. The third kappa shape index (κ3) is 3.36. The average Bonchev–Trinajstić information content (AvgIpc) is 2.37. The minimum absolute atomic E-state index is 0.0846. The summed E-state index contributed by atoms with van der Waals surface area (Å²) < 4.78 is 1.12. The molecule has 0 aliphatic rings. The lowest BCUT2D eigenvalue weighted by Gasteiger charge is -1.95. The Bertz CT molecular complexity index is 594. The van der Waals surface area contributed by atoms with Gasteiger partial charge in [-0.3, -0.25) is 15.1 Å². The lowest BCUT2D eigenvalue weighted by Crippen LogP contribution is -1.88. The number of nitro groups is 1. The highest BCUT2D eigenvalue weighted by Gasteiger charge is 2.02. The van der Waals surface area contributed by atoms with Crippen molar-refractivity contribution in [1.82, 2.24) is 0 Å². The molecule has 0 aliphatic heterocycles. The molecule has 0 amide bonds. The van der Waals surface area contributed by atoms with Crippen molar-refractivity contribution in [2.45, 2.75) is 0 Å².